The van der Waals surface area contributed by atoms with Gasteiger partial charge in [-0.2, -0.15) is 0 Å². The second-order valence-corrected chi connectivity index (χ2v) is 5.29. The van der Waals surface area contributed by atoms with Gasteiger partial charge in [0.25, 0.3) is 0 Å². The Labute approximate surface area is 119 Å². The van der Waals surface area contributed by atoms with E-state index in [2.05, 4.69) is 18.2 Å². The van der Waals surface area contributed by atoms with Crippen molar-refractivity contribution in [2.75, 3.05) is 0 Å². The number of aryl methyl sites for hydroxylation is 2. The monoisotopic (exact) mass is 272 g/mol. The molecule has 19 heavy (non-hydrogen) atoms. The lowest BCUT2D eigenvalue weighted by molar-refractivity contribution is 0.306. The maximum absolute atomic E-state index is 5.81. The summed E-state index contributed by atoms with van der Waals surface area (Å²) in [5.74, 6) is 1.44. The lowest BCUT2D eigenvalue weighted by Crippen LogP contribution is -1.97. The fraction of sp³-hybridized carbons (Fsp3) is 0.294. The topological polar surface area (TPSA) is 9.23 Å². The van der Waals surface area contributed by atoms with Crippen LogP contribution in [0.15, 0.2) is 42.5 Å². The predicted molar refractivity (Wildman–Crippen MR) is 78.8 cm³/mol. The van der Waals surface area contributed by atoms with E-state index in [-0.39, 0.29) is 0 Å². The molecule has 3 rings (SSSR count). The molecule has 0 saturated heterocycles. The van der Waals surface area contributed by atoms with Gasteiger partial charge in [0.05, 0.1) is 0 Å². The molecule has 0 saturated carbocycles. The summed E-state index contributed by atoms with van der Waals surface area (Å²) in [4.78, 5) is 0. The lowest BCUT2D eigenvalue weighted by Gasteiger charge is -2.08. The molecule has 0 bridgehead atoms. The normalized spacial score (nSPS) is 13.3. The van der Waals surface area contributed by atoms with Crippen LogP contribution in [0.2, 0.25) is 0 Å². The summed E-state index contributed by atoms with van der Waals surface area (Å²) >= 11 is 5.77. The minimum absolute atomic E-state index is 0.547. The van der Waals surface area contributed by atoms with E-state index in [1.165, 1.54) is 36.0 Å². The fourth-order valence-corrected chi connectivity index (χ4v) is 2.73. The Morgan fingerprint density at radius 3 is 2.42 bits per heavy atom. The number of fused-ring (bicyclic) bond motifs is 1. The zero-order valence-corrected chi connectivity index (χ0v) is 11.6. The Hall–Kier alpha value is -1.47. The second kappa shape index (κ2) is 5.66. The van der Waals surface area contributed by atoms with Gasteiger partial charge in [0.1, 0.15) is 12.4 Å². The summed E-state index contributed by atoms with van der Waals surface area (Å²) in [6.45, 7) is 0.632. The highest BCUT2D eigenvalue weighted by molar-refractivity contribution is 6.17. The van der Waals surface area contributed by atoms with Crippen molar-refractivity contribution in [3.05, 3.63) is 64.7 Å². The van der Waals surface area contributed by atoms with Crippen LogP contribution in [0.25, 0.3) is 0 Å². The first-order chi connectivity index (χ1) is 9.35. The van der Waals surface area contributed by atoms with Gasteiger partial charge in [-0.1, -0.05) is 30.3 Å². The molecule has 0 radical (unpaired) electrons. The van der Waals surface area contributed by atoms with Gasteiger partial charge in [0.15, 0.2) is 0 Å². The van der Waals surface area contributed by atoms with Gasteiger partial charge in [0, 0.05) is 5.88 Å². The lowest BCUT2D eigenvalue weighted by atomic mass is 10.1. The molecule has 98 valence electrons. The summed E-state index contributed by atoms with van der Waals surface area (Å²) in [6, 6.07) is 14.7. The van der Waals surface area contributed by atoms with Gasteiger partial charge >= 0.3 is 0 Å². The van der Waals surface area contributed by atoms with Crippen molar-refractivity contribution in [3.8, 4) is 5.75 Å². The molecular formula is C17H17ClO. The van der Waals surface area contributed by atoms with Crippen molar-refractivity contribution in [2.24, 2.45) is 0 Å². The van der Waals surface area contributed by atoms with E-state index in [1.54, 1.807) is 0 Å². The van der Waals surface area contributed by atoms with Crippen molar-refractivity contribution in [1.29, 1.82) is 0 Å². The molecule has 0 heterocycles. The maximum Gasteiger partial charge on any atom is 0.119 e. The largest absolute Gasteiger partial charge is 0.489 e. The Morgan fingerprint density at radius 1 is 0.895 bits per heavy atom. The first-order valence-corrected chi connectivity index (χ1v) is 7.27. The average Bonchev–Trinajstić information content (AvgIpc) is 2.93. The van der Waals surface area contributed by atoms with Gasteiger partial charge in [-0.15, -0.1) is 11.6 Å². The highest BCUT2D eigenvalue weighted by atomic mass is 35.5. The number of hydrogen-bond donors (Lipinski definition) is 0. The van der Waals surface area contributed by atoms with Crippen LogP contribution in [-0.4, -0.2) is 0 Å². The molecule has 0 unspecified atom stereocenters. The Kier molecular flexibility index (Phi) is 3.74. The number of alkyl halides is 1. The van der Waals surface area contributed by atoms with E-state index in [1.807, 2.05) is 24.3 Å². The number of halogens is 1. The van der Waals surface area contributed by atoms with Crippen LogP contribution < -0.4 is 4.74 Å². The standard InChI is InChI=1S/C17H17ClO/c18-11-13-5-8-17(9-6-13)19-12-14-4-7-15-2-1-3-16(15)10-14/h4-10H,1-3,11-12H2. The summed E-state index contributed by atoms with van der Waals surface area (Å²) in [7, 11) is 0. The summed E-state index contributed by atoms with van der Waals surface area (Å²) < 4.78 is 5.81. The molecule has 0 amide bonds. The molecule has 2 heteroatoms. The highest BCUT2D eigenvalue weighted by Gasteiger charge is 2.10. The summed E-state index contributed by atoms with van der Waals surface area (Å²) in [5, 5.41) is 0. The van der Waals surface area contributed by atoms with Crippen LogP contribution in [0.3, 0.4) is 0 Å². The van der Waals surface area contributed by atoms with Crippen LogP contribution in [0.5, 0.6) is 5.75 Å². The Morgan fingerprint density at radius 2 is 1.63 bits per heavy atom. The van der Waals surface area contributed by atoms with Gasteiger partial charge in [-0.3, -0.25) is 0 Å². The van der Waals surface area contributed by atoms with Crippen molar-refractivity contribution < 1.29 is 4.74 Å². The molecular weight excluding hydrogens is 256 g/mol. The molecule has 1 nitrogen and oxygen atoms in total. The highest BCUT2D eigenvalue weighted by Crippen LogP contribution is 2.23. The quantitative estimate of drug-likeness (QED) is 0.745. The zero-order chi connectivity index (χ0) is 13.1. The molecule has 0 aliphatic heterocycles. The van der Waals surface area contributed by atoms with E-state index in [0.29, 0.717) is 12.5 Å². The maximum atomic E-state index is 5.81. The average molecular weight is 273 g/mol. The van der Waals surface area contributed by atoms with Crippen LogP contribution in [-0.2, 0) is 25.3 Å². The smallest absolute Gasteiger partial charge is 0.119 e. The van der Waals surface area contributed by atoms with Crippen molar-refractivity contribution in [1.82, 2.24) is 0 Å². The van der Waals surface area contributed by atoms with E-state index in [4.69, 9.17) is 16.3 Å². The minimum atomic E-state index is 0.547. The van der Waals surface area contributed by atoms with Crippen molar-refractivity contribution in [2.45, 2.75) is 31.7 Å². The van der Waals surface area contributed by atoms with Crippen molar-refractivity contribution >= 4 is 11.6 Å². The molecule has 0 fully saturated rings. The van der Waals surface area contributed by atoms with E-state index < -0.39 is 0 Å². The second-order valence-electron chi connectivity index (χ2n) is 5.02. The molecule has 2 aromatic rings. The first kappa shape index (κ1) is 12.6. The summed E-state index contributed by atoms with van der Waals surface area (Å²) in [6.07, 6.45) is 3.74. The van der Waals surface area contributed by atoms with E-state index in [9.17, 15) is 0 Å². The molecule has 0 N–H and O–H groups in total. The zero-order valence-electron chi connectivity index (χ0n) is 10.9. The molecule has 2 aromatic carbocycles. The third-order valence-electron chi connectivity index (χ3n) is 3.65. The molecule has 0 aromatic heterocycles. The first-order valence-electron chi connectivity index (χ1n) is 6.73. The number of benzene rings is 2. The van der Waals surface area contributed by atoms with Gasteiger partial charge in [-0.05, 0) is 53.6 Å². The van der Waals surface area contributed by atoms with Crippen molar-refractivity contribution in [3.63, 3.8) is 0 Å². The van der Waals surface area contributed by atoms with Crippen LogP contribution in [0.4, 0.5) is 0 Å². The predicted octanol–water partition coefficient (Wildman–Crippen LogP) is 4.49. The molecule has 0 spiro atoms. The SMILES string of the molecule is ClCc1ccc(OCc2ccc3c(c2)CCC3)cc1. The molecule has 1 aliphatic carbocycles. The van der Waals surface area contributed by atoms with E-state index >= 15 is 0 Å². The third kappa shape index (κ3) is 2.93. The number of hydrogen-bond acceptors (Lipinski definition) is 1. The Bertz CT molecular complexity index is 560. The van der Waals surface area contributed by atoms with Crippen LogP contribution >= 0.6 is 11.6 Å². The number of rotatable bonds is 4. The van der Waals surface area contributed by atoms with Crippen LogP contribution in [0.1, 0.15) is 28.7 Å². The fourth-order valence-electron chi connectivity index (χ4n) is 2.56. The molecule has 0 atom stereocenters. The van der Waals surface area contributed by atoms with Gasteiger partial charge in [0.2, 0.25) is 0 Å². The number of ether oxygens (including phenoxy) is 1. The van der Waals surface area contributed by atoms with Crippen LogP contribution in [0, 0.1) is 0 Å². The van der Waals surface area contributed by atoms with E-state index in [0.717, 1.165) is 11.3 Å². The van der Waals surface area contributed by atoms with Gasteiger partial charge in [-0.25, -0.2) is 0 Å². The Balaban J connectivity index is 1.65. The summed E-state index contributed by atoms with van der Waals surface area (Å²) in [5.41, 5.74) is 5.38. The minimum Gasteiger partial charge on any atom is -0.489 e. The van der Waals surface area contributed by atoms with Gasteiger partial charge < -0.3 is 4.74 Å². The third-order valence-corrected chi connectivity index (χ3v) is 3.95. The molecule has 1 aliphatic rings.